The van der Waals surface area contributed by atoms with Crippen molar-refractivity contribution in [3.8, 4) is 0 Å². The van der Waals surface area contributed by atoms with Crippen molar-refractivity contribution in [1.29, 1.82) is 0 Å². The average Bonchev–Trinajstić information content (AvgIpc) is 2.58. The van der Waals surface area contributed by atoms with Gasteiger partial charge in [0.2, 0.25) is 0 Å². The van der Waals surface area contributed by atoms with Crippen LogP contribution in [0.25, 0.3) is 0 Å². The number of aryl methyl sites for hydroxylation is 1. The number of halogens is 2. The summed E-state index contributed by atoms with van der Waals surface area (Å²) >= 11 is 9.81. The van der Waals surface area contributed by atoms with Crippen LogP contribution in [0.2, 0.25) is 5.02 Å². The second kappa shape index (κ2) is 7.61. The number of nitrogens with zero attached hydrogens (tertiary/aromatic N) is 1. The highest BCUT2D eigenvalue weighted by molar-refractivity contribution is 9.10. The van der Waals surface area contributed by atoms with Crippen molar-refractivity contribution in [2.45, 2.75) is 46.3 Å². The van der Waals surface area contributed by atoms with Crippen molar-refractivity contribution in [3.05, 3.63) is 63.1 Å². The fraction of sp³-hybridized carbons (Fsp3) is 0.381. The third-order valence-electron chi connectivity index (χ3n) is 4.75. The van der Waals surface area contributed by atoms with Gasteiger partial charge in [0, 0.05) is 15.5 Å². The molecule has 2 aromatic rings. The molecule has 0 N–H and O–H groups in total. The summed E-state index contributed by atoms with van der Waals surface area (Å²) in [6, 6.07) is 13.6. The summed E-state index contributed by atoms with van der Waals surface area (Å²) in [7, 11) is 0. The van der Waals surface area contributed by atoms with E-state index in [1.165, 1.54) is 0 Å². The fourth-order valence-corrected chi connectivity index (χ4v) is 4.55. The molecule has 0 saturated carbocycles. The van der Waals surface area contributed by atoms with Crippen molar-refractivity contribution >= 4 is 39.3 Å². The molecule has 5 heteroatoms. The highest BCUT2D eigenvalue weighted by Gasteiger charge is 2.40. The molecule has 1 amide bonds. The normalized spacial score (nSPS) is 17.0. The minimum Gasteiger partial charge on any atom is -0.444 e. The van der Waals surface area contributed by atoms with Gasteiger partial charge in [0.25, 0.3) is 0 Å². The molecule has 0 fully saturated rings. The monoisotopic (exact) mass is 435 g/mol. The molecular formula is C21H23BrClNO2. The first-order valence-corrected chi connectivity index (χ1v) is 9.92. The molecule has 1 unspecified atom stereocenters. The fourth-order valence-electron chi connectivity index (χ4n) is 3.48. The van der Waals surface area contributed by atoms with Gasteiger partial charge < -0.3 is 4.74 Å². The van der Waals surface area contributed by atoms with Crippen LogP contribution in [0.1, 0.15) is 38.3 Å². The molecule has 1 atom stereocenters. The van der Waals surface area contributed by atoms with E-state index < -0.39 is 0 Å². The molecule has 0 aromatic heterocycles. The number of anilines is 1. The predicted octanol–water partition coefficient (Wildman–Crippen LogP) is 6.61. The molecule has 3 nitrogen and oxygen atoms in total. The van der Waals surface area contributed by atoms with Gasteiger partial charge in [-0.15, -0.1) is 0 Å². The van der Waals surface area contributed by atoms with E-state index in [0.717, 1.165) is 34.1 Å². The lowest BCUT2D eigenvalue weighted by atomic mass is 9.79. The summed E-state index contributed by atoms with van der Waals surface area (Å²) in [6.45, 7) is 6.73. The van der Waals surface area contributed by atoms with E-state index >= 15 is 0 Å². The largest absolute Gasteiger partial charge is 0.444 e. The van der Waals surface area contributed by atoms with Crippen LogP contribution in [0.4, 0.5) is 10.5 Å². The Kier molecular flexibility index (Phi) is 5.64. The lowest BCUT2D eigenvalue weighted by Crippen LogP contribution is -2.50. The Labute approximate surface area is 168 Å². The van der Waals surface area contributed by atoms with Crippen LogP contribution < -0.4 is 4.90 Å². The standard InChI is InChI=1S/C21H23BrClNO2/c1-21(2,3)18-10-9-15-11-16(23)12-17(22)19(15)24(18)20(25)26-13-14-7-5-4-6-8-14/h4-8,11-12,18H,9-10,13H2,1-3H3. The Morgan fingerprint density at radius 3 is 2.62 bits per heavy atom. The molecule has 1 aliphatic rings. The lowest BCUT2D eigenvalue weighted by Gasteiger charge is -2.43. The zero-order valence-corrected chi connectivity index (χ0v) is 17.6. The number of carbonyl (C=O) groups is 1. The number of benzene rings is 2. The van der Waals surface area contributed by atoms with Gasteiger partial charge in [-0.2, -0.15) is 0 Å². The van der Waals surface area contributed by atoms with Crippen molar-refractivity contribution in [2.24, 2.45) is 5.41 Å². The highest BCUT2D eigenvalue weighted by Crippen LogP contribution is 2.43. The lowest BCUT2D eigenvalue weighted by molar-refractivity contribution is 0.136. The van der Waals surface area contributed by atoms with Gasteiger partial charge in [-0.05, 0) is 57.4 Å². The topological polar surface area (TPSA) is 29.5 Å². The summed E-state index contributed by atoms with van der Waals surface area (Å²) < 4.78 is 6.49. The Morgan fingerprint density at radius 1 is 1.27 bits per heavy atom. The summed E-state index contributed by atoms with van der Waals surface area (Å²) in [5, 5.41) is 0.669. The number of fused-ring (bicyclic) bond motifs is 1. The number of hydrogen-bond acceptors (Lipinski definition) is 2. The molecule has 1 heterocycles. The maximum Gasteiger partial charge on any atom is 0.414 e. The quantitative estimate of drug-likeness (QED) is 0.530. The van der Waals surface area contributed by atoms with Gasteiger partial charge in [0.1, 0.15) is 6.61 Å². The molecule has 3 rings (SSSR count). The SMILES string of the molecule is CC(C)(C)C1CCc2cc(Cl)cc(Br)c2N1C(=O)OCc1ccccc1. The van der Waals surface area contributed by atoms with Crippen LogP contribution in [-0.2, 0) is 17.8 Å². The molecule has 0 bridgehead atoms. The third-order valence-corrected chi connectivity index (χ3v) is 5.57. The second-order valence-corrected chi connectivity index (χ2v) is 9.02. The average molecular weight is 437 g/mol. The summed E-state index contributed by atoms with van der Waals surface area (Å²) in [6.07, 6.45) is 1.44. The predicted molar refractivity (Wildman–Crippen MR) is 110 cm³/mol. The first kappa shape index (κ1) is 19.2. The van der Waals surface area contributed by atoms with E-state index in [1.807, 2.05) is 47.4 Å². The van der Waals surface area contributed by atoms with E-state index in [0.29, 0.717) is 5.02 Å². The minimum absolute atomic E-state index is 0.0516. The Morgan fingerprint density at radius 2 is 1.96 bits per heavy atom. The van der Waals surface area contributed by atoms with Gasteiger partial charge >= 0.3 is 6.09 Å². The smallest absolute Gasteiger partial charge is 0.414 e. The number of rotatable bonds is 2. The maximum absolute atomic E-state index is 13.1. The van der Waals surface area contributed by atoms with E-state index in [-0.39, 0.29) is 24.2 Å². The van der Waals surface area contributed by atoms with E-state index in [1.54, 1.807) is 0 Å². The Balaban J connectivity index is 1.93. The van der Waals surface area contributed by atoms with Gasteiger partial charge in [-0.1, -0.05) is 62.7 Å². The zero-order valence-electron chi connectivity index (χ0n) is 15.3. The van der Waals surface area contributed by atoms with Gasteiger partial charge in [-0.25, -0.2) is 4.79 Å². The van der Waals surface area contributed by atoms with E-state index in [4.69, 9.17) is 16.3 Å². The van der Waals surface area contributed by atoms with Crippen LogP contribution in [0.3, 0.4) is 0 Å². The van der Waals surface area contributed by atoms with Crippen LogP contribution in [-0.4, -0.2) is 12.1 Å². The third kappa shape index (κ3) is 4.07. The van der Waals surface area contributed by atoms with Gasteiger partial charge in [-0.3, -0.25) is 4.90 Å². The van der Waals surface area contributed by atoms with Crippen molar-refractivity contribution < 1.29 is 9.53 Å². The van der Waals surface area contributed by atoms with Crippen molar-refractivity contribution in [2.75, 3.05) is 4.90 Å². The number of carbonyl (C=O) groups excluding carboxylic acids is 1. The maximum atomic E-state index is 13.1. The van der Waals surface area contributed by atoms with Crippen LogP contribution >= 0.6 is 27.5 Å². The summed E-state index contributed by atoms with van der Waals surface area (Å²) in [5.41, 5.74) is 2.85. The van der Waals surface area contributed by atoms with Crippen molar-refractivity contribution in [1.82, 2.24) is 0 Å². The number of ether oxygens (including phenoxy) is 1. The van der Waals surface area contributed by atoms with E-state index in [2.05, 4.69) is 36.7 Å². The Bertz CT molecular complexity index is 802. The number of amides is 1. The number of hydrogen-bond donors (Lipinski definition) is 0. The van der Waals surface area contributed by atoms with Crippen LogP contribution in [0, 0.1) is 5.41 Å². The van der Waals surface area contributed by atoms with Crippen LogP contribution in [0.15, 0.2) is 46.9 Å². The molecule has 26 heavy (non-hydrogen) atoms. The van der Waals surface area contributed by atoms with Crippen molar-refractivity contribution in [3.63, 3.8) is 0 Å². The highest BCUT2D eigenvalue weighted by atomic mass is 79.9. The molecule has 1 aliphatic heterocycles. The summed E-state index contributed by atoms with van der Waals surface area (Å²) in [5.74, 6) is 0. The first-order chi connectivity index (χ1) is 12.3. The molecule has 138 valence electrons. The molecule has 0 radical (unpaired) electrons. The molecule has 0 aliphatic carbocycles. The minimum atomic E-state index is -0.322. The van der Waals surface area contributed by atoms with Gasteiger partial charge in [0.15, 0.2) is 0 Å². The second-order valence-electron chi connectivity index (χ2n) is 7.73. The molecule has 2 aromatic carbocycles. The Hall–Kier alpha value is -1.52. The van der Waals surface area contributed by atoms with E-state index in [9.17, 15) is 4.79 Å². The first-order valence-electron chi connectivity index (χ1n) is 8.75. The zero-order chi connectivity index (χ0) is 18.9. The molecular weight excluding hydrogens is 414 g/mol. The van der Waals surface area contributed by atoms with Gasteiger partial charge in [0.05, 0.1) is 5.69 Å². The molecule has 0 spiro atoms. The molecule has 0 saturated heterocycles. The van der Waals surface area contributed by atoms with Crippen LogP contribution in [0.5, 0.6) is 0 Å². The summed E-state index contributed by atoms with van der Waals surface area (Å²) in [4.78, 5) is 14.9.